The number of halogens is 1. The highest BCUT2D eigenvalue weighted by Crippen LogP contribution is 2.41. The van der Waals surface area contributed by atoms with Gasteiger partial charge in [-0.15, -0.1) is 11.3 Å². The van der Waals surface area contributed by atoms with Crippen LogP contribution >= 0.6 is 27.3 Å². The molecule has 0 aliphatic rings. The Morgan fingerprint density at radius 3 is 2.37 bits per heavy atom. The number of Topliss-reactive ketones (excluding diaryl/α,β-unsaturated/α-hetero) is 1. The zero-order valence-corrected chi connectivity index (χ0v) is 12.7. The molecule has 0 fully saturated rings. The highest BCUT2D eigenvalue weighted by molar-refractivity contribution is 9.10. The molecule has 0 aliphatic heterocycles. The van der Waals surface area contributed by atoms with Gasteiger partial charge in [-0.1, -0.05) is 42.5 Å². The molecule has 0 bridgehead atoms. The Hall–Kier alpha value is -1.45. The van der Waals surface area contributed by atoms with Gasteiger partial charge in [-0.25, -0.2) is 0 Å². The van der Waals surface area contributed by atoms with Crippen LogP contribution in [-0.2, 0) is 0 Å². The first-order valence-electron chi connectivity index (χ1n) is 5.95. The maximum Gasteiger partial charge on any atom is 0.159 e. The second-order valence-electron chi connectivity index (χ2n) is 4.37. The van der Waals surface area contributed by atoms with E-state index in [1.165, 1.54) is 15.0 Å². The molecule has 0 saturated heterocycles. The first-order valence-corrected chi connectivity index (χ1v) is 7.56. The monoisotopic (exact) mass is 330 g/mol. The van der Waals surface area contributed by atoms with Crippen LogP contribution in [0.1, 0.15) is 17.3 Å². The number of benzene rings is 2. The molecule has 0 saturated carbocycles. The Kier molecular flexibility index (Phi) is 3.25. The van der Waals surface area contributed by atoms with Crippen molar-refractivity contribution in [3.63, 3.8) is 0 Å². The molecular weight excluding hydrogens is 320 g/mol. The van der Waals surface area contributed by atoms with E-state index in [1.807, 2.05) is 36.4 Å². The number of ketones is 1. The minimum absolute atomic E-state index is 0.0990. The van der Waals surface area contributed by atoms with E-state index in [0.717, 1.165) is 15.6 Å². The lowest BCUT2D eigenvalue weighted by molar-refractivity contribution is 0.101. The van der Waals surface area contributed by atoms with Gasteiger partial charge in [-0.3, -0.25) is 4.79 Å². The maximum absolute atomic E-state index is 11.3. The fourth-order valence-corrected chi connectivity index (χ4v) is 4.10. The van der Waals surface area contributed by atoms with Gasteiger partial charge in [0.25, 0.3) is 0 Å². The third-order valence-corrected chi connectivity index (χ3v) is 5.39. The van der Waals surface area contributed by atoms with E-state index in [1.54, 1.807) is 18.3 Å². The molecule has 0 amide bonds. The van der Waals surface area contributed by atoms with E-state index in [4.69, 9.17) is 0 Å². The molecule has 3 rings (SSSR count). The van der Waals surface area contributed by atoms with Gasteiger partial charge < -0.3 is 0 Å². The number of hydrogen-bond acceptors (Lipinski definition) is 2. The number of rotatable bonds is 2. The lowest BCUT2D eigenvalue weighted by atomic mass is 10.1. The van der Waals surface area contributed by atoms with E-state index in [2.05, 4.69) is 28.1 Å². The summed E-state index contributed by atoms with van der Waals surface area (Å²) in [5.41, 5.74) is 1.89. The zero-order chi connectivity index (χ0) is 13.4. The first kappa shape index (κ1) is 12.6. The molecule has 1 nitrogen and oxygen atoms in total. The average Bonchev–Trinajstić information content (AvgIpc) is 2.77. The van der Waals surface area contributed by atoms with Crippen LogP contribution < -0.4 is 0 Å². The Bertz CT molecular complexity index is 756. The van der Waals surface area contributed by atoms with Crippen LogP contribution in [0.3, 0.4) is 0 Å². The Morgan fingerprint density at radius 1 is 1.05 bits per heavy atom. The van der Waals surface area contributed by atoms with Crippen molar-refractivity contribution >= 4 is 43.1 Å². The molecule has 0 N–H and O–H groups in total. The Labute approximate surface area is 124 Å². The van der Waals surface area contributed by atoms with E-state index >= 15 is 0 Å². The summed E-state index contributed by atoms with van der Waals surface area (Å²) in [5, 5.41) is 1.23. The second-order valence-corrected chi connectivity index (χ2v) is 6.22. The average molecular weight is 331 g/mol. The molecule has 0 atom stereocenters. The van der Waals surface area contributed by atoms with Crippen LogP contribution in [0.5, 0.6) is 0 Å². The molecule has 0 unspecified atom stereocenters. The maximum atomic E-state index is 11.3. The van der Waals surface area contributed by atoms with Crippen LogP contribution in [0.2, 0.25) is 0 Å². The standard InChI is InChI=1S/C16H11BrOS/c1-10(18)11-6-8-12(9-7-11)16-15(17)13-4-2-3-5-14(13)19-16/h2-9H,1H3. The first-order chi connectivity index (χ1) is 9.16. The van der Waals surface area contributed by atoms with Crippen LogP contribution in [0.4, 0.5) is 0 Å². The molecule has 19 heavy (non-hydrogen) atoms. The van der Waals surface area contributed by atoms with Gasteiger partial charge in [0, 0.05) is 25.0 Å². The molecule has 1 heterocycles. The topological polar surface area (TPSA) is 17.1 Å². The molecule has 0 radical (unpaired) electrons. The van der Waals surface area contributed by atoms with E-state index in [-0.39, 0.29) is 5.78 Å². The number of carbonyl (C=O) groups is 1. The summed E-state index contributed by atoms with van der Waals surface area (Å²) in [6, 6.07) is 16.1. The van der Waals surface area contributed by atoms with Crippen molar-refractivity contribution in [3.8, 4) is 10.4 Å². The molecule has 2 aromatic carbocycles. The van der Waals surface area contributed by atoms with Crippen LogP contribution in [0.25, 0.3) is 20.5 Å². The quantitative estimate of drug-likeness (QED) is 0.564. The third-order valence-electron chi connectivity index (χ3n) is 3.09. The second kappa shape index (κ2) is 4.91. The minimum atomic E-state index is 0.0990. The molecular formula is C16H11BrOS. The number of thiophene rings is 1. The SMILES string of the molecule is CC(=O)c1ccc(-c2sc3ccccc3c2Br)cc1. The van der Waals surface area contributed by atoms with Gasteiger partial charge in [0.05, 0.1) is 0 Å². The lowest BCUT2D eigenvalue weighted by Gasteiger charge is -2.00. The molecule has 1 aromatic heterocycles. The third kappa shape index (κ3) is 2.24. The van der Waals surface area contributed by atoms with Gasteiger partial charge in [0.1, 0.15) is 0 Å². The highest BCUT2D eigenvalue weighted by atomic mass is 79.9. The van der Waals surface area contributed by atoms with Crippen molar-refractivity contribution in [1.82, 2.24) is 0 Å². The van der Waals surface area contributed by atoms with Gasteiger partial charge in [0.15, 0.2) is 5.78 Å². The highest BCUT2D eigenvalue weighted by Gasteiger charge is 2.11. The van der Waals surface area contributed by atoms with E-state index < -0.39 is 0 Å². The van der Waals surface area contributed by atoms with Crippen molar-refractivity contribution in [1.29, 1.82) is 0 Å². The van der Waals surface area contributed by atoms with Crippen molar-refractivity contribution in [3.05, 3.63) is 58.6 Å². The predicted molar refractivity (Wildman–Crippen MR) is 85.0 cm³/mol. The Morgan fingerprint density at radius 2 is 1.74 bits per heavy atom. The van der Waals surface area contributed by atoms with Crippen molar-refractivity contribution in [2.45, 2.75) is 6.92 Å². The molecule has 3 aromatic rings. The normalized spacial score (nSPS) is 10.8. The van der Waals surface area contributed by atoms with Crippen LogP contribution in [0.15, 0.2) is 53.0 Å². The summed E-state index contributed by atoms with van der Waals surface area (Å²) >= 11 is 5.44. The van der Waals surface area contributed by atoms with Crippen LogP contribution in [0, 0.1) is 0 Å². The fraction of sp³-hybridized carbons (Fsp3) is 0.0625. The smallest absolute Gasteiger partial charge is 0.159 e. The largest absolute Gasteiger partial charge is 0.295 e. The van der Waals surface area contributed by atoms with Gasteiger partial charge in [-0.2, -0.15) is 0 Å². The summed E-state index contributed by atoms with van der Waals surface area (Å²) in [5.74, 6) is 0.0990. The summed E-state index contributed by atoms with van der Waals surface area (Å²) in [7, 11) is 0. The predicted octanol–water partition coefficient (Wildman–Crippen LogP) is 5.53. The minimum Gasteiger partial charge on any atom is -0.295 e. The number of hydrogen-bond donors (Lipinski definition) is 0. The number of fused-ring (bicyclic) bond motifs is 1. The van der Waals surface area contributed by atoms with E-state index in [9.17, 15) is 4.79 Å². The summed E-state index contributed by atoms with van der Waals surface area (Å²) < 4.78 is 2.39. The van der Waals surface area contributed by atoms with Crippen molar-refractivity contribution in [2.75, 3.05) is 0 Å². The van der Waals surface area contributed by atoms with Gasteiger partial charge >= 0.3 is 0 Å². The number of carbonyl (C=O) groups excluding carboxylic acids is 1. The summed E-state index contributed by atoms with van der Waals surface area (Å²) in [6.07, 6.45) is 0. The van der Waals surface area contributed by atoms with E-state index in [0.29, 0.717) is 0 Å². The summed E-state index contributed by atoms with van der Waals surface area (Å²) in [6.45, 7) is 1.59. The van der Waals surface area contributed by atoms with Gasteiger partial charge in [0.2, 0.25) is 0 Å². The lowest BCUT2D eigenvalue weighted by Crippen LogP contribution is -1.90. The Balaban J connectivity index is 2.13. The summed E-state index contributed by atoms with van der Waals surface area (Å²) in [4.78, 5) is 12.5. The van der Waals surface area contributed by atoms with Crippen LogP contribution in [-0.4, -0.2) is 5.78 Å². The fourth-order valence-electron chi connectivity index (χ4n) is 2.06. The van der Waals surface area contributed by atoms with Crippen molar-refractivity contribution in [2.24, 2.45) is 0 Å². The molecule has 3 heteroatoms. The van der Waals surface area contributed by atoms with Crippen molar-refractivity contribution < 1.29 is 4.79 Å². The van der Waals surface area contributed by atoms with Gasteiger partial charge in [-0.05, 0) is 34.5 Å². The molecule has 0 spiro atoms. The molecule has 0 aliphatic carbocycles. The zero-order valence-electron chi connectivity index (χ0n) is 10.3. The molecule has 94 valence electrons.